The summed E-state index contributed by atoms with van der Waals surface area (Å²) in [6.45, 7) is 7.80. The molecule has 0 atom stereocenters. The van der Waals surface area contributed by atoms with Gasteiger partial charge in [0.15, 0.2) is 0 Å². The Morgan fingerprint density at radius 2 is 1.17 bits per heavy atom. The third kappa shape index (κ3) is 3.66. The van der Waals surface area contributed by atoms with Crippen LogP contribution in [0.4, 0.5) is 0 Å². The van der Waals surface area contributed by atoms with E-state index in [1.54, 1.807) is 6.08 Å². The van der Waals surface area contributed by atoms with Crippen molar-refractivity contribution in [3.8, 4) is 33.4 Å². The Bertz CT molecular complexity index is 2320. The molecule has 2 aromatic heterocycles. The summed E-state index contributed by atoms with van der Waals surface area (Å²) in [6.07, 6.45) is 7.37. The molecule has 0 aliphatic carbocycles. The van der Waals surface area contributed by atoms with Crippen LogP contribution < -0.4 is 0 Å². The van der Waals surface area contributed by atoms with E-state index in [-0.39, 0.29) is 0 Å². The van der Waals surface area contributed by atoms with Gasteiger partial charge < -0.3 is 0 Å². The molecule has 0 bridgehead atoms. The van der Waals surface area contributed by atoms with E-state index in [4.69, 9.17) is 4.98 Å². The molecular formula is C40H26N2. The first-order valence-electron chi connectivity index (χ1n) is 14.1. The minimum atomic E-state index is 0.846. The number of benzene rings is 6. The zero-order chi connectivity index (χ0) is 28.2. The maximum absolute atomic E-state index is 4.75. The zero-order valence-corrected chi connectivity index (χ0v) is 23.0. The van der Waals surface area contributed by atoms with Crippen LogP contribution in [0.15, 0.2) is 135 Å². The summed E-state index contributed by atoms with van der Waals surface area (Å²) < 4.78 is 0. The van der Waals surface area contributed by atoms with Crippen LogP contribution in [-0.4, -0.2) is 9.97 Å². The molecule has 0 unspecified atom stereocenters. The third-order valence-electron chi connectivity index (χ3n) is 8.48. The van der Waals surface area contributed by atoms with Crippen molar-refractivity contribution in [3.05, 3.63) is 146 Å². The van der Waals surface area contributed by atoms with Crippen molar-refractivity contribution in [1.82, 2.24) is 9.97 Å². The Balaban J connectivity index is 1.30. The minimum absolute atomic E-state index is 0.846. The molecule has 0 spiro atoms. The largest absolute Gasteiger partial charge is 0.256 e. The van der Waals surface area contributed by atoms with E-state index in [0.717, 1.165) is 38.9 Å². The second kappa shape index (κ2) is 9.50. The Morgan fingerprint density at radius 1 is 0.500 bits per heavy atom. The Kier molecular flexibility index (Phi) is 5.48. The molecule has 8 aromatic rings. The summed E-state index contributed by atoms with van der Waals surface area (Å²) in [6, 6.07) is 39.6. The molecule has 6 aromatic carbocycles. The van der Waals surface area contributed by atoms with Crippen molar-refractivity contribution < 1.29 is 0 Å². The SMILES string of the molecule is C=Cc1cc(-c2ccc(-c3ccc4ccc5c(-c6cccc7cccnc67)ccc6ccc3c4c65)cc2)cnc1C=C. The highest BCUT2D eigenvalue weighted by molar-refractivity contribution is 6.28. The minimum Gasteiger partial charge on any atom is -0.256 e. The van der Waals surface area contributed by atoms with Crippen molar-refractivity contribution in [1.29, 1.82) is 0 Å². The van der Waals surface area contributed by atoms with Crippen LogP contribution in [-0.2, 0) is 0 Å². The number of fused-ring (bicyclic) bond motifs is 1. The Hall–Kier alpha value is -5.60. The van der Waals surface area contributed by atoms with E-state index >= 15 is 0 Å². The molecule has 0 saturated heterocycles. The monoisotopic (exact) mass is 534 g/mol. The molecule has 0 N–H and O–H groups in total. The van der Waals surface area contributed by atoms with Crippen molar-refractivity contribution >= 4 is 55.4 Å². The number of aromatic nitrogens is 2. The van der Waals surface area contributed by atoms with Crippen LogP contribution in [0.1, 0.15) is 11.3 Å². The lowest BCUT2D eigenvalue weighted by Crippen LogP contribution is -1.91. The number of nitrogens with zero attached hydrogens (tertiary/aromatic N) is 2. The van der Waals surface area contributed by atoms with Crippen molar-refractivity contribution in [2.24, 2.45) is 0 Å². The molecule has 2 nitrogen and oxygen atoms in total. The first-order chi connectivity index (χ1) is 20.7. The van der Waals surface area contributed by atoms with E-state index in [2.05, 4.69) is 121 Å². The summed E-state index contributed by atoms with van der Waals surface area (Å²) >= 11 is 0. The van der Waals surface area contributed by atoms with Gasteiger partial charge in [-0.05, 0) is 72.8 Å². The summed E-state index contributed by atoms with van der Waals surface area (Å²) in [7, 11) is 0. The van der Waals surface area contributed by atoms with Gasteiger partial charge in [-0.25, -0.2) is 0 Å². The first kappa shape index (κ1) is 24.2. The maximum Gasteiger partial charge on any atom is 0.0780 e. The normalized spacial score (nSPS) is 11.5. The molecule has 2 heteroatoms. The van der Waals surface area contributed by atoms with Gasteiger partial charge in [-0.1, -0.05) is 116 Å². The van der Waals surface area contributed by atoms with Gasteiger partial charge in [0.05, 0.1) is 11.2 Å². The fourth-order valence-electron chi connectivity index (χ4n) is 6.44. The lowest BCUT2D eigenvalue weighted by molar-refractivity contribution is 1.28. The maximum atomic E-state index is 4.75. The van der Waals surface area contributed by atoms with Crippen LogP contribution in [0.25, 0.3) is 88.8 Å². The predicted octanol–water partition coefficient (Wildman–Crippen LogP) is 10.8. The third-order valence-corrected chi connectivity index (χ3v) is 8.48. The summed E-state index contributed by atoms with van der Waals surface area (Å²) in [4.78, 5) is 9.32. The topological polar surface area (TPSA) is 25.8 Å². The van der Waals surface area contributed by atoms with E-state index in [0.29, 0.717) is 0 Å². The molecule has 0 fully saturated rings. The molecule has 196 valence electrons. The molecule has 0 radical (unpaired) electrons. The van der Waals surface area contributed by atoms with Crippen molar-refractivity contribution in [3.63, 3.8) is 0 Å². The number of pyridine rings is 2. The fourth-order valence-corrected chi connectivity index (χ4v) is 6.44. The highest BCUT2D eigenvalue weighted by atomic mass is 14.7. The second-order valence-corrected chi connectivity index (χ2v) is 10.7. The van der Waals surface area contributed by atoms with Crippen LogP contribution in [0.3, 0.4) is 0 Å². The number of hydrogen-bond acceptors (Lipinski definition) is 2. The standard InChI is InChI=1S/C40H26N2/c1-3-25-23-31(24-42-37(25)4-2)26-10-12-27(13-11-26)32-18-14-28-17-21-35-33(19-15-29-16-20-34(32)38(28)39(29)35)36-9-5-7-30-8-6-22-41-40(30)36/h3-24H,1-2H2. The molecule has 0 amide bonds. The fraction of sp³-hybridized carbons (Fsp3) is 0. The molecule has 0 saturated carbocycles. The van der Waals surface area contributed by atoms with Crippen LogP contribution in [0.2, 0.25) is 0 Å². The number of hydrogen-bond donors (Lipinski definition) is 0. The van der Waals surface area contributed by atoms with Gasteiger partial charge in [0.1, 0.15) is 0 Å². The van der Waals surface area contributed by atoms with Crippen molar-refractivity contribution in [2.75, 3.05) is 0 Å². The van der Waals surface area contributed by atoms with E-state index in [1.807, 2.05) is 24.5 Å². The Labute approximate surface area is 244 Å². The average Bonchev–Trinajstić information content (AvgIpc) is 3.06. The summed E-state index contributed by atoms with van der Waals surface area (Å²) in [5.74, 6) is 0. The zero-order valence-electron chi connectivity index (χ0n) is 23.0. The number of rotatable bonds is 5. The van der Waals surface area contributed by atoms with Gasteiger partial charge in [-0.3, -0.25) is 9.97 Å². The number of para-hydroxylation sites is 1. The molecule has 0 aliphatic heterocycles. The molecule has 8 rings (SSSR count). The van der Waals surface area contributed by atoms with Crippen LogP contribution in [0.5, 0.6) is 0 Å². The quantitative estimate of drug-likeness (QED) is 0.205. The summed E-state index contributed by atoms with van der Waals surface area (Å²) in [5, 5.41) is 8.78. The highest BCUT2D eigenvalue weighted by Gasteiger charge is 2.16. The van der Waals surface area contributed by atoms with E-state index in [9.17, 15) is 0 Å². The first-order valence-corrected chi connectivity index (χ1v) is 14.1. The molecule has 2 heterocycles. The van der Waals surface area contributed by atoms with Gasteiger partial charge in [0, 0.05) is 34.5 Å². The highest BCUT2D eigenvalue weighted by Crippen LogP contribution is 2.43. The lowest BCUT2D eigenvalue weighted by Gasteiger charge is -2.17. The molecule has 0 aliphatic rings. The van der Waals surface area contributed by atoms with Crippen LogP contribution >= 0.6 is 0 Å². The van der Waals surface area contributed by atoms with Crippen LogP contribution in [0, 0.1) is 0 Å². The average molecular weight is 535 g/mol. The lowest BCUT2D eigenvalue weighted by atomic mass is 9.87. The van der Waals surface area contributed by atoms with Gasteiger partial charge >= 0.3 is 0 Å². The van der Waals surface area contributed by atoms with Gasteiger partial charge in [-0.15, -0.1) is 0 Å². The van der Waals surface area contributed by atoms with Crippen molar-refractivity contribution in [2.45, 2.75) is 0 Å². The molecular weight excluding hydrogens is 508 g/mol. The summed E-state index contributed by atoms with van der Waals surface area (Å²) in [5.41, 5.74) is 9.84. The van der Waals surface area contributed by atoms with Gasteiger partial charge in [-0.2, -0.15) is 0 Å². The van der Waals surface area contributed by atoms with E-state index in [1.165, 1.54) is 49.0 Å². The Morgan fingerprint density at radius 3 is 1.90 bits per heavy atom. The van der Waals surface area contributed by atoms with E-state index < -0.39 is 0 Å². The predicted molar refractivity (Wildman–Crippen MR) is 180 cm³/mol. The second-order valence-electron chi connectivity index (χ2n) is 10.7. The molecule has 42 heavy (non-hydrogen) atoms. The van der Waals surface area contributed by atoms with Gasteiger partial charge in [0.2, 0.25) is 0 Å². The van der Waals surface area contributed by atoms with Gasteiger partial charge in [0.25, 0.3) is 0 Å². The smallest absolute Gasteiger partial charge is 0.0780 e.